The summed E-state index contributed by atoms with van der Waals surface area (Å²) >= 11 is 0. The Labute approximate surface area is 175 Å². The average molecular weight is 434 g/mol. The molecule has 3 heterocycles. The normalized spacial score (nSPS) is 41.9. The molecule has 7 nitrogen and oxygen atoms in total. The number of carbonyl (C=O) groups excluding carboxylic acids is 1. The number of carbonyl (C=O) groups is 1. The van der Waals surface area contributed by atoms with E-state index < -0.39 is 36.3 Å². The fraction of sp³-hybridized carbons (Fsp3) is 0.950. The van der Waals surface area contributed by atoms with Gasteiger partial charge in [0.2, 0.25) is 5.91 Å². The van der Waals surface area contributed by atoms with Crippen molar-refractivity contribution < 1.29 is 23.1 Å². The number of amides is 1. The van der Waals surface area contributed by atoms with E-state index in [0.717, 1.165) is 13.1 Å². The standard InChI is InChI=1S/C20H34F3N5O2/c1-11(6-17-26-24-10-27(17)2)12-7-16(25-18(29)8-12)28-9-14-13(19(28)30)4-3-5-15(14)20(21,22)23/h11-18,24-26,29H,3-10H2,1-2H3/t11-,12?,13?,14?,15?,16?,17?,18?/m1/s1. The summed E-state index contributed by atoms with van der Waals surface area (Å²) in [6.45, 7) is 3.05. The zero-order chi connectivity index (χ0) is 21.6. The highest BCUT2D eigenvalue weighted by Crippen LogP contribution is 2.48. The maximum Gasteiger partial charge on any atom is 0.392 e. The summed E-state index contributed by atoms with van der Waals surface area (Å²) < 4.78 is 40.6. The molecule has 8 atom stereocenters. The number of aliphatic hydroxyl groups excluding tert-OH is 1. The van der Waals surface area contributed by atoms with Gasteiger partial charge in [-0.3, -0.25) is 15.0 Å². The van der Waals surface area contributed by atoms with E-state index >= 15 is 0 Å². The van der Waals surface area contributed by atoms with Crippen molar-refractivity contribution in [1.29, 1.82) is 0 Å². The van der Waals surface area contributed by atoms with Gasteiger partial charge in [-0.05, 0) is 56.9 Å². The first-order chi connectivity index (χ1) is 14.1. The van der Waals surface area contributed by atoms with Crippen LogP contribution in [0.2, 0.25) is 0 Å². The number of piperidine rings is 1. The number of halogens is 3. The Morgan fingerprint density at radius 2 is 2.03 bits per heavy atom. The number of aliphatic hydroxyl groups is 1. The first-order valence-electron chi connectivity index (χ1n) is 11.1. The van der Waals surface area contributed by atoms with Crippen LogP contribution in [0, 0.1) is 29.6 Å². The molecule has 172 valence electrons. The molecule has 0 spiro atoms. The van der Waals surface area contributed by atoms with Gasteiger partial charge < -0.3 is 10.0 Å². The van der Waals surface area contributed by atoms with Gasteiger partial charge >= 0.3 is 6.18 Å². The van der Waals surface area contributed by atoms with Crippen molar-refractivity contribution in [1.82, 2.24) is 26.0 Å². The lowest BCUT2D eigenvalue weighted by molar-refractivity contribution is -0.198. The lowest BCUT2D eigenvalue weighted by atomic mass is 9.73. The van der Waals surface area contributed by atoms with Crippen molar-refractivity contribution in [3.63, 3.8) is 0 Å². The summed E-state index contributed by atoms with van der Waals surface area (Å²) in [4.78, 5) is 16.8. The molecule has 1 amide bonds. The maximum absolute atomic E-state index is 13.5. The van der Waals surface area contributed by atoms with E-state index in [1.165, 1.54) is 0 Å². The summed E-state index contributed by atoms with van der Waals surface area (Å²) in [5.74, 6) is -2.28. The molecule has 1 aliphatic carbocycles. The van der Waals surface area contributed by atoms with Crippen LogP contribution < -0.4 is 16.2 Å². The number of hydrogen-bond donors (Lipinski definition) is 4. The van der Waals surface area contributed by atoms with Crippen molar-refractivity contribution in [3.05, 3.63) is 0 Å². The van der Waals surface area contributed by atoms with Crippen molar-refractivity contribution in [2.75, 3.05) is 20.3 Å². The van der Waals surface area contributed by atoms with E-state index in [1.807, 2.05) is 7.05 Å². The minimum atomic E-state index is -4.26. The molecule has 10 heteroatoms. The Morgan fingerprint density at radius 3 is 2.70 bits per heavy atom. The zero-order valence-corrected chi connectivity index (χ0v) is 17.7. The molecule has 1 saturated carbocycles. The summed E-state index contributed by atoms with van der Waals surface area (Å²) in [7, 11) is 2.03. The molecule has 4 aliphatic rings. The second-order valence-corrected chi connectivity index (χ2v) is 9.73. The van der Waals surface area contributed by atoms with E-state index in [0.29, 0.717) is 31.6 Å². The number of nitrogens with one attached hydrogen (secondary N) is 3. The molecule has 0 aromatic rings. The van der Waals surface area contributed by atoms with E-state index in [-0.39, 0.29) is 31.0 Å². The summed E-state index contributed by atoms with van der Waals surface area (Å²) in [5.41, 5.74) is 6.35. The average Bonchev–Trinajstić information content (AvgIpc) is 3.23. The van der Waals surface area contributed by atoms with Crippen LogP contribution in [-0.2, 0) is 4.79 Å². The molecule has 0 aromatic carbocycles. The summed E-state index contributed by atoms with van der Waals surface area (Å²) in [5, 5.41) is 13.5. The highest BCUT2D eigenvalue weighted by atomic mass is 19.4. The fourth-order valence-corrected chi connectivity index (χ4v) is 6.05. The third-order valence-electron chi connectivity index (χ3n) is 7.83. The first kappa shape index (κ1) is 22.3. The third kappa shape index (κ3) is 4.34. The van der Waals surface area contributed by atoms with Gasteiger partial charge in [-0.1, -0.05) is 13.3 Å². The zero-order valence-electron chi connectivity index (χ0n) is 17.7. The minimum Gasteiger partial charge on any atom is -0.379 e. The van der Waals surface area contributed by atoms with Crippen LogP contribution in [0.25, 0.3) is 0 Å². The van der Waals surface area contributed by atoms with E-state index in [4.69, 9.17) is 0 Å². The Bertz CT molecular complexity index is 636. The van der Waals surface area contributed by atoms with Crippen molar-refractivity contribution in [2.45, 2.75) is 70.2 Å². The van der Waals surface area contributed by atoms with Gasteiger partial charge in [-0.25, -0.2) is 10.9 Å². The van der Waals surface area contributed by atoms with Gasteiger partial charge in [0, 0.05) is 12.5 Å². The summed E-state index contributed by atoms with van der Waals surface area (Å²) in [6.07, 6.45) is -1.98. The molecule has 0 aromatic heterocycles. The van der Waals surface area contributed by atoms with E-state index in [1.54, 1.807) is 4.90 Å². The van der Waals surface area contributed by atoms with Gasteiger partial charge in [-0.2, -0.15) is 13.2 Å². The minimum absolute atomic E-state index is 0.113. The smallest absolute Gasteiger partial charge is 0.379 e. The fourth-order valence-electron chi connectivity index (χ4n) is 6.05. The number of nitrogens with zero attached hydrogens (tertiary/aromatic N) is 2. The molecule has 30 heavy (non-hydrogen) atoms. The van der Waals surface area contributed by atoms with Crippen LogP contribution in [0.4, 0.5) is 13.2 Å². The Balaban J connectivity index is 1.43. The van der Waals surface area contributed by atoms with Gasteiger partial charge in [0.1, 0.15) is 6.23 Å². The highest BCUT2D eigenvalue weighted by Gasteiger charge is 2.56. The number of alkyl halides is 3. The molecule has 4 N–H and O–H groups in total. The number of hydrogen-bond acceptors (Lipinski definition) is 6. The second-order valence-electron chi connectivity index (χ2n) is 9.73. The molecule has 7 unspecified atom stereocenters. The van der Waals surface area contributed by atoms with Gasteiger partial charge in [0.05, 0.1) is 24.9 Å². The highest BCUT2D eigenvalue weighted by molar-refractivity contribution is 5.82. The third-order valence-corrected chi connectivity index (χ3v) is 7.83. The molecular weight excluding hydrogens is 399 g/mol. The molecule has 3 saturated heterocycles. The van der Waals surface area contributed by atoms with Crippen LogP contribution in [-0.4, -0.2) is 65.8 Å². The SMILES string of the molecule is C[C@H](CC1NNCN1C)C1CC(O)NC(N2CC3C(CCCC3C(F)(F)F)C2=O)C1. The van der Waals surface area contributed by atoms with Gasteiger partial charge in [0.25, 0.3) is 0 Å². The molecule has 3 aliphatic heterocycles. The largest absolute Gasteiger partial charge is 0.392 e. The van der Waals surface area contributed by atoms with Crippen molar-refractivity contribution in [2.24, 2.45) is 29.6 Å². The van der Waals surface area contributed by atoms with Crippen LogP contribution in [0.1, 0.15) is 45.4 Å². The molecule has 0 bridgehead atoms. The lowest BCUT2D eigenvalue weighted by Crippen LogP contribution is -2.56. The van der Waals surface area contributed by atoms with Gasteiger partial charge in [0.15, 0.2) is 0 Å². The molecular formula is C20H34F3N5O2. The first-order valence-corrected chi connectivity index (χ1v) is 11.1. The number of rotatable bonds is 4. The van der Waals surface area contributed by atoms with E-state index in [2.05, 4.69) is 28.0 Å². The van der Waals surface area contributed by atoms with Crippen LogP contribution in [0.5, 0.6) is 0 Å². The predicted octanol–water partition coefficient (Wildman–Crippen LogP) is 1.42. The Kier molecular flexibility index (Phi) is 6.33. The van der Waals surface area contributed by atoms with Gasteiger partial charge in [-0.15, -0.1) is 0 Å². The monoisotopic (exact) mass is 433 g/mol. The number of hydrazine groups is 1. The number of likely N-dealkylation sites (tertiary alicyclic amines) is 1. The summed E-state index contributed by atoms with van der Waals surface area (Å²) in [6, 6.07) is 0. The Morgan fingerprint density at radius 1 is 1.27 bits per heavy atom. The lowest BCUT2D eigenvalue weighted by Gasteiger charge is -2.41. The molecule has 0 radical (unpaired) electrons. The van der Waals surface area contributed by atoms with E-state index in [9.17, 15) is 23.1 Å². The second kappa shape index (κ2) is 8.54. The quantitative estimate of drug-likeness (QED) is 0.537. The van der Waals surface area contributed by atoms with Crippen LogP contribution in [0.15, 0.2) is 0 Å². The number of fused-ring (bicyclic) bond motifs is 1. The molecule has 4 fully saturated rings. The van der Waals surface area contributed by atoms with Crippen molar-refractivity contribution in [3.8, 4) is 0 Å². The maximum atomic E-state index is 13.5. The van der Waals surface area contributed by atoms with Crippen LogP contribution >= 0.6 is 0 Å². The predicted molar refractivity (Wildman–Crippen MR) is 104 cm³/mol. The topological polar surface area (TPSA) is 79.9 Å². The van der Waals surface area contributed by atoms with Crippen molar-refractivity contribution >= 4 is 5.91 Å². The molecule has 4 rings (SSSR count). The Hall–Kier alpha value is -0.940. The van der Waals surface area contributed by atoms with Crippen LogP contribution in [0.3, 0.4) is 0 Å².